The molecular weight excluding hydrogens is 382 g/mol. The van der Waals surface area contributed by atoms with Crippen LogP contribution in [0.5, 0.6) is 0 Å². The highest BCUT2D eigenvalue weighted by Crippen LogP contribution is 2.46. The average Bonchev–Trinajstić information content (AvgIpc) is 3.17. The predicted molar refractivity (Wildman–Crippen MR) is 93.0 cm³/mol. The number of hydrogen-bond acceptors (Lipinski definition) is 7. The van der Waals surface area contributed by atoms with Crippen LogP contribution in [0, 0.1) is 11.6 Å². The van der Waals surface area contributed by atoms with Gasteiger partial charge in [0.2, 0.25) is 15.0 Å². The van der Waals surface area contributed by atoms with Crippen LogP contribution in [-0.2, 0) is 9.84 Å². The average molecular weight is 394 g/mol. The SMILES string of the molecule is CS(=O)(=O)c1nccc(C2C(c3ccc(F)c(F)c3)N=C3SC=CN32)n1. The van der Waals surface area contributed by atoms with E-state index in [2.05, 4.69) is 15.0 Å². The molecule has 0 amide bonds. The van der Waals surface area contributed by atoms with E-state index in [1.807, 2.05) is 10.3 Å². The van der Waals surface area contributed by atoms with E-state index in [9.17, 15) is 17.2 Å². The van der Waals surface area contributed by atoms with Crippen molar-refractivity contribution >= 4 is 26.8 Å². The van der Waals surface area contributed by atoms with E-state index in [1.54, 1.807) is 12.3 Å². The van der Waals surface area contributed by atoms with Gasteiger partial charge in [-0.25, -0.2) is 27.2 Å². The number of sulfone groups is 1. The molecule has 0 N–H and O–H groups in total. The van der Waals surface area contributed by atoms with Crippen LogP contribution in [0.2, 0.25) is 0 Å². The second kappa shape index (κ2) is 6.13. The quantitative estimate of drug-likeness (QED) is 0.746. The molecule has 3 heterocycles. The first kappa shape index (κ1) is 17.1. The zero-order valence-corrected chi connectivity index (χ0v) is 15.0. The van der Waals surface area contributed by atoms with Gasteiger partial charge in [-0.3, -0.25) is 4.99 Å². The molecule has 0 bridgehead atoms. The van der Waals surface area contributed by atoms with Gasteiger partial charge in [0.05, 0.1) is 5.69 Å². The summed E-state index contributed by atoms with van der Waals surface area (Å²) in [5.41, 5.74) is 0.908. The maximum absolute atomic E-state index is 13.7. The van der Waals surface area contributed by atoms with Crippen LogP contribution in [0.3, 0.4) is 0 Å². The van der Waals surface area contributed by atoms with E-state index in [-0.39, 0.29) is 5.16 Å². The number of halogens is 2. The van der Waals surface area contributed by atoms with E-state index in [1.165, 1.54) is 24.0 Å². The van der Waals surface area contributed by atoms with Gasteiger partial charge in [0.15, 0.2) is 16.8 Å². The molecule has 1 aromatic heterocycles. The van der Waals surface area contributed by atoms with Gasteiger partial charge < -0.3 is 4.90 Å². The lowest BCUT2D eigenvalue weighted by Crippen LogP contribution is -2.24. The molecule has 2 aliphatic rings. The summed E-state index contributed by atoms with van der Waals surface area (Å²) in [5, 5.41) is 2.24. The summed E-state index contributed by atoms with van der Waals surface area (Å²) in [6.07, 6.45) is 4.20. The minimum absolute atomic E-state index is 0.289. The van der Waals surface area contributed by atoms with Crippen molar-refractivity contribution in [3.8, 4) is 0 Å². The summed E-state index contributed by atoms with van der Waals surface area (Å²) < 4.78 is 50.6. The highest BCUT2D eigenvalue weighted by atomic mass is 32.2. The normalized spacial score (nSPS) is 21.8. The number of nitrogens with zero attached hydrogens (tertiary/aromatic N) is 4. The molecule has 4 rings (SSSR count). The van der Waals surface area contributed by atoms with E-state index in [0.29, 0.717) is 16.4 Å². The Kier molecular flexibility index (Phi) is 4.03. The third-order valence-corrected chi connectivity index (χ3v) is 5.68. The fourth-order valence-corrected chi connectivity index (χ4v) is 4.19. The standard InChI is InChI=1S/C16H12F2N4O2S2/c1-26(23,24)15-19-5-4-12(20-15)14-13(21-16-22(14)6-7-25-16)9-2-3-10(17)11(18)8-9/h2-8,13-14H,1H3. The lowest BCUT2D eigenvalue weighted by Gasteiger charge is -2.25. The Morgan fingerprint density at radius 2 is 2.00 bits per heavy atom. The molecule has 0 radical (unpaired) electrons. The fraction of sp³-hybridized carbons (Fsp3) is 0.188. The Bertz CT molecular complexity index is 1060. The number of aliphatic imine (C=N–C) groups is 1. The maximum atomic E-state index is 13.7. The zero-order valence-electron chi connectivity index (χ0n) is 13.4. The number of aromatic nitrogens is 2. The summed E-state index contributed by atoms with van der Waals surface area (Å²) >= 11 is 1.39. The lowest BCUT2D eigenvalue weighted by molar-refractivity contribution is 0.387. The fourth-order valence-electron chi connectivity index (χ4n) is 2.89. The Balaban J connectivity index is 1.82. The van der Waals surface area contributed by atoms with E-state index < -0.39 is 33.6 Å². The topological polar surface area (TPSA) is 75.5 Å². The van der Waals surface area contributed by atoms with Crippen LogP contribution < -0.4 is 0 Å². The Hall–Kier alpha value is -2.33. The van der Waals surface area contributed by atoms with Gasteiger partial charge in [0, 0.05) is 18.7 Å². The number of hydrogen-bond donors (Lipinski definition) is 0. The van der Waals surface area contributed by atoms with Gasteiger partial charge in [-0.05, 0) is 29.2 Å². The molecule has 2 atom stereocenters. The number of fused-ring (bicyclic) bond motifs is 1. The molecule has 0 fully saturated rings. The maximum Gasteiger partial charge on any atom is 0.247 e. The first-order valence-corrected chi connectivity index (χ1v) is 10.3. The Morgan fingerprint density at radius 3 is 2.73 bits per heavy atom. The van der Waals surface area contributed by atoms with Gasteiger partial charge in [0.1, 0.15) is 12.1 Å². The Labute approximate surface area is 152 Å². The van der Waals surface area contributed by atoms with Crippen molar-refractivity contribution in [2.75, 3.05) is 6.26 Å². The summed E-state index contributed by atoms with van der Waals surface area (Å²) in [5.74, 6) is -1.90. The number of rotatable bonds is 3. The van der Waals surface area contributed by atoms with Crippen molar-refractivity contribution in [3.05, 3.63) is 65.0 Å². The molecule has 1 aromatic carbocycles. The summed E-state index contributed by atoms with van der Waals surface area (Å²) in [7, 11) is -3.58. The number of thioether (sulfide) groups is 1. The lowest BCUT2D eigenvalue weighted by atomic mass is 9.97. The van der Waals surface area contributed by atoms with E-state index >= 15 is 0 Å². The second-order valence-corrected chi connectivity index (χ2v) is 8.60. The highest BCUT2D eigenvalue weighted by molar-refractivity contribution is 8.16. The van der Waals surface area contributed by atoms with E-state index in [0.717, 1.165) is 18.4 Å². The molecule has 0 saturated carbocycles. The Morgan fingerprint density at radius 1 is 1.19 bits per heavy atom. The summed E-state index contributed by atoms with van der Waals surface area (Å²) in [6.45, 7) is 0. The monoisotopic (exact) mass is 394 g/mol. The van der Waals surface area contributed by atoms with Crippen molar-refractivity contribution < 1.29 is 17.2 Å². The molecule has 26 heavy (non-hydrogen) atoms. The molecule has 2 unspecified atom stereocenters. The molecule has 134 valence electrons. The van der Waals surface area contributed by atoms with Crippen LogP contribution in [0.15, 0.2) is 52.2 Å². The number of benzene rings is 1. The third-order valence-electron chi connectivity index (χ3n) is 4.04. The van der Waals surface area contributed by atoms with Gasteiger partial charge in [-0.2, -0.15) is 0 Å². The predicted octanol–water partition coefficient (Wildman–Crippen LogP) is 2.83. The largest absolute Gasteiger partial charge is 0.315 e. The van der Waals surface area contributed by atoms with Gasteiger partial charge in [-0.15, -0.1) is 0 Å². The van der Waals surface area contributed by atoms with Crippen molar-refractivity contribution in [1.82, 2.24) is 14.9 Å². The molecule has 2 aromatic rings. The summed E-state index contributed by atoms with van der Waals surface area (Å²) in [4.78, 5) is 14.4. The van der Waals surface area contributed by atoms with Crippen molar-refractivity contribution in [3.63, 3.8) is 0 Å². The van der Waals surface area contributed by atoms with Crippen molar-refractivity contribution in [2.45, 2.75) is 17.2 Å². The molecule has 2 aliphatic heterocycles. The summed E-state index contributed by atoms with van der Waals surface area (Å²) in [6, 6.07) is 4.18. The van der Waals surface area contributed by atoms with Crippen LogP contribution >= 0.6 is 11.8 Å². The van der Waals surface area contributed by atoms with Crippen LogP contribution in [-0.4, -0.2) is 34.7 Å². The minimum Gasteiger partial charge on any atom is -0.315 e. The first-order chi connectivity index (χ1) is 12.3. The smallest absolute Gasteiger partial charge is 0.247 e. The molecule has 0 saturated heterocycles. The third kappa shape index (κ3) is 2.88. The minimum atomic E-state index is -3.58. The van der Waals surface area contributed by atoms with Gasteiger partial charge in [-0.1, -0.05) is 17.8 Å². The van der Waals surface area contributed by atoms with Gasteiger partial charge >= 0.3 is 0 Å². The van der Waals surface area contributed by atoms with Crippen LogP contribution in [0.1, 0.15) is 23.3 Å². The second-order valence-electron chi connectivity index (χ2n) is 5.82. The van der Waals surface area contributed by atoms with E-state index in [4.69, 9.17) is 0 Å². The van der Waals surface area contributed by atoms with Crippen LogP contribution in [0.4, 0.5) is 8.78 Å². The number of amidine groups is 1. The molecule has 0 spiro atoms. The first-order valence-electron chi connectivity index (χ1n) is 7.52. The van der Waals surface area contributed by atoms with Crippen molar-refractivity contribution in [2.24, 2.45) is 4.99 Å². The van der Waals surface area contributed by atoms with Crippen LogP contribution in [0.25, 0.3) is 0 Å². The molecule has 10 heteroatoms. The zero-order chi connectivity index (χ0) is 18.5. The molecular formula is C16H12F2N4O2S2. The molecule has 0 aliphatic carbocycles. The van der Waals surface area contributed by atoms with Crippen molar-refractivity contribution in [1.29, 1.82) is 0 Å². The van der Waals surface area contributed by atoms with Gasteiger partial charge in [0.25, 0.3) is 0 Å². The highest BCUT2D eigenvalue weighted by Gasteiger charge is 2.40. The molecule has 6 nitrogen and oxygen atoms in total.